The van der Waals surface area contributed by atoms with E-state index in [0.29, 0.717) is 18.5 Å². The number of nitrogens with one attached hydrogen (secondary N) is 1. The largest absolute Gasteiger partial charge is 0.310 e. The number of hydrogen-bond acceptors (Lipinski definition) is 3. The van der Waals surface area contributed by atoms with Gasteiger partial charge in [-0.1, -0.05) is 29.8 Å². The Morgan fingerprint density at radius 3 is 2.75 bits per heavy atom. The Morgan fingerprint density at radius 2 is 2.10 bits per heavy atom. The highest BCUT2D eigenvalue weighted by Crippen LogP contribution is 2.29. The van der Waals surface area contributed by atoms with Crippen molar-refractivity contribution in [3.63, 3.8) is 0 Å². The number of nitrogens with zero attached hydrogens (tertiary/aromatic N) is 1. The van der Waals surface area contributed by atoms with E-state index in [-0.39, 0.29) is 10.6 Å². The van der Waals surface area contributed by atoms with Crippen LogP contribution < -0.4 is 5.32 Å². The minimum atomic E-state index is -0.348. The second-order valence-corrected chi connectivity index (χ2v) is 6.87. The summed E-state index contributed by atoms with van der Waals surface area (Å²) >= 11 is 3.33. The first-order valence-corrected chi connectivity index (χ1v) is 7.92. The van der Waals surface area contributed by atoms with Gasteiger partial charge in [0.05, 0.1) is 4.92 Å². The molecule has 0 saturated heterocycles. The van der Waals surface area contributed by atoms with Gasteiger partial charge in [0.1, 0.15) is 0 Å². The molecule has 3 atom stereocenters. The molecule has 5 heteroatoms. The highest BCUT2D eigenvalue weighted by Gasteiger charge is 2.24. The predicted molar refractivity (Wildman–Crippen MR) is 83.6 cm³/mol. The summed E-state index contributed by atoms with van der Waals surface area (Å²) in [4.78, 5) is 10.5. The van der Waals surface area contributed by atoms with Crippen molar-refractivity contribution in [2.75, 3.05) is 0 Å². The maximum absolute atomic E-state index is 10.9. The van der Waals surface area contributed by atoms with E-state index in [9.17, 15) is 10.1 Å². The standard InChI is InChI=1S/C15H21BrN2O2/c1-10-3-4-15(11(2)5-10)17-9-12-6-13(16)8-14(7-12)18(19)20/h6-8,10-11,15,17H,3-5,9H2,1-2H3. The summed E-state index contributed by atoms with van der Waals surface area (Å²) in [5.41, 5.74) is 1.10. The maximum Gasteiger partial charge on any atom is 0.270 e. The summed E-state index contributed by atoms with van der Waals surface area (Å²) in [6, 6.07) is 5.64. The van der Waals surface area contributed by atoms with Gasteiger partial charge in [-0.3, -0.25) is 10.1 Å². The summed E-state index contributed by atoms with van der Waals surface area (Å²) in [5.74, 6) is 1.48. The third-order valence-corrected chi connectivity index (χ3v) is 4.61. The molecule has 3 unspecified atom stereocenters. The van der Waals surface area contributed by atoms with Gasteiger partial charge in [0, 0.05) is 29.2 Å². The van der Waals surface area contributed by atoms with E-state index in [0.717, 1.165) is 16.0 Å². The molecule has 2 rings (SSSR count). The van der Waals surface area contributed by atoms with Gasteiger partial charge in [-0.25, -0.2) is 0 Å². The summed E-state index contributed by atoms with van der Waals surface area (Å²) in [6.07, 6.45) is 3.72. The van der Waals surface area contributed by atoms with Crippen molar-refractivity contribution in [3.05, 3.63) is 38.3 Å². The van der Waals surface area contributed by atoms with Crippen molar-refractivity contribution >= 4 is 21.6 Å². The molecule has 110 valence electrons. The van der Waals surface area contributed by atoms with Crippen LogP contribution in [0.25, 0.3) is 0 Å². The van der Waals surface area contributed by atoms with Gasteiger partial charge in [0.15, 0.2) is 0 Å². The van der Waals surface area contributed by atoms with Crippen LogP contribution in [-0.4, -0.2) is 11.0 Å². The fourth-order valence-electron chi connectivity index (χ4n) is 3.06. The van der Waals surface area contributed by atoms with Crippen LogP contribution in [0.4, 0.5) is 5.69 Å². The summed E-state index contributed by atoms with van der Waals surface area (Å²) in [7, 11) is 0. The molecule has 1 fully saturated rings. The fraction of sp³-hybridized carbons (Fsp3) is 0.600. The van der Waals surface area contributed by atoms with E-state index >= 15 is 0 Å². The number of benzene rings is 1. The van der Waals surface area contributed by atoms with Crippen LogP contribution in [-0.2, 0) is 6.54 Å². The molecular weight excluding hydrogens is 320 g/mol. The number of halogens is 1. The third-order valence-electron chi connectivity index (χ3n) is 4.15. The molecule has 4 nitrogen and oxygen atoms in total. The van der Waals surface area contributed by atoms with Gasteiger partial charge in [-0.05, 0) is 42.7 Å². The first kappa shape index (κ1) is 15.4. The molecule has 0 spiro atoms. The van der Waals surface area contributed by atoms with Gasteiger partial charge in [0.25, 0.3) is 5.69 Å². The zero-order valence-corrected chi connectivity index (χ0v) is 13.5. The first-order valence-electron chi connectivity index (χ1n) is 7.13. The molecule has 1 aromatic carbocycles. The Kier molecular flexibility index (Phi) is 5.16. The molecule has 0 aliphatic heterocycles. The second-order valence-electron chi connectivity index (χ2n) is 5.96. The molecule has 1 aliphatic carbocycles. The average Bonchev–Trinajstić information content (AvgIpc) is 2.37. The molecule has 0 heterocycles. The molecule has 1 saturated carbocycles. The fourth-order valence-corrected chi connectivity index (χ4v) is 3.59. The minimum absolute atomic E-state index is 0.140. The SMILES string of the molecule is CC1CCC(NCc2cc(Br)cc([N+](=O)[O-])c2)C(C)C1. The predicted octanol–water partition coefficient (Wildman–Crippen LogP) is 4.27. The molecule has 0 amide bonds. The van der Waals surface area contributed by atoms with Crippen molar-refractivity contribution in [2.45, 2.75) is 45.7 Å². The number of nitro groups is 1. The van der Waals surface area contributed by atoms with Crippen LogP contribution >= 0.6 is 15.9 Å². The summed E-state index contributed by atoms with van der Waals surface area (Å²) < 4.78 is 0.758. The van der Waals surface area contributed by atoms with Gasteiger partial charge >= 0.3 is 0 Å². The minimum Gasteiger partial charge on any atom is -0.310 e. The van der Waals surface area contributed by atoms with Crippen LogP contribution in [0.3, 0.4) is 0 Å². The van der Waals surface area contributed by atoms with Gasteiger partial charge in [-0.15, -0.1) is 0 Å². The second kappa shape index (κ2) is 6.68. The van der Waals surface area contributed by atoms with E-state index in [4.69, 9.17) is 0 Å². The monoisotopic (exact) mass is 340 g/mol. The highest BCUT2D eigenvalue weighted by molar-refractivity contribution is 9.10. The number of nitro benzene ring substituents is 1. The van der Waals surface area contributed by atoms with E-state index in [1.165, 1.54) is 25.3 Å². The van der Waals surface area contributed by atoms with Crippen LogP contribution in [0.5, 0.6) is 0 Å². The molecule has 0 bridgehead atoms. The van der Waals surface area contributed by atoms with Crippen molar-refractivity contribution in [1.29, 1.82) is 0 Å². The van der Waals surface area contributed by atoms with E-state index in [1.54, 1.807) is 6.07 Å². The number of hydrogen-bond donors (Lipinski definition) is 1. The van der Waals surface area contributed by atoms with Crippen molar-refractivity contribution < 1.29 is 4.92 Å². The Morgan fingerprint density at radius 1 is 1.35 bits per heavy atom. The molecule has 1 N–H and O–H groups in total. The number of non-ortho nitro benzene ring substituents is 1. The molecule has 20 heavy (non-hydrogen) atoms. The quantitative estimate of drug-likeness (QED) is 0.657. The average molecular weight is 341 g/mol. The molecule has 1 aromatic rings. The van der Waals surface area contributed by atoms with E-state index in [2.05, 4.69) is 35.1 Å². The Bertz CT molecular complexity index is 493. The summed E-state index contributed by atoms with van der Waals surface area (Å²) in [6.45, 7) is 5.28. The maximum atomic E-state index is 10.9. The summed E-state index contributed by atoms with van der Waals surface area (Å²) in [5, 5.41) is 14.4. The first-order chi connectivity index (χ1) is 9.45. The highest BCUT2D eigenvalue weighted by atomic mass is 79.9. The van der Waals surface area contributed by atoms with Crippen LogP contribution in [0.2, 0.25) is 0 Å². The Hall–Kier alpha value is -0.940. The van der Waals surface area contributed by atoms with E-state index in [1.807, 2.05) is 6.07 Å². The topological polar surface area (TPSA) is 55.2 Å². The lowest BCUT2D eigenvalue weighted by molar-refractivity contribution is -0.385. The van der Waals surface area contributed by atoms with E-state index < -0.39 is 0 Å². The van der Waals surface area contributed by atoms with Gasteiger partial charge < -0.3 is 5.32 Å². The molecule has 1 aliphatic rings. The zero-order valence-electron chi connectivity index (χ0n) is 11.9. The third kappa shape index (κ3) is 4.03. The lowest BCUT2D eigenvalue weighted by atomic mass is 9.80. The Balaban J connectivity index is 1.98. The molecule has 0 radical (unpaired) electrons. The molecular formula is C15H21BrN2O2. The smallest absolute Gasteiger partial charge is 0.270 e. The van der Waals surface area contributed by atoms with Crippen LogP contribution in [0, 0.1) is 22.0 Å². The van der Waals surface area contributed by atoms with Gasteiger partial charge in [-0.2, -0.15) is 0 Å². The molecule has 0 aromatic heterocycles. The van der Waals surface area contributed by atoms with Crippen molar-refractivity contribution in [1.82, 2.24) is 5.32 Å². The normalized spacial score (nSPS) is 26.4. The van der Waals surface area contributed by atoms with Crippen molar-refractivity contribution in [3.8, 4) is 0 Å². The van der Waals surface area contributed by atoms with Crippen LogP contribution in [0.1, 0.15) is 38.7 Å². The lowest BCUT2D eigenvalue weighted by Crippen LogP contribution is -2.38. The lowest BCUT2D eigenvalue weighted by Gasteiger charge is -2.33. The van der Waals surface area contributed by atoms with Crippen LogP contribution in [0.15, 0.2) is 22.7 Å². The number of rotatable bonds is 4. The van der Waals surface area contributed by atoms with Gasteiger partial charge in [0.2, 0.25) is 0 Å². The zero-order chi connectivity index (χ0) is 14.7. The van der Waals surface area contributed by atoms with Crippen molar-refractivity contribution in [2.24, 2.45) is 11.8 Å². The Labute approximate surface area is 128 Å².